The summed E-state index contributed by atoms with van der Waals surface area (Å²) >= 11 is 0. The molecular weight excluding hydrogens is 378 g/mol. The number of unbranched alkanes of at least 4 members (excludes halogenated alkanes) is 2. The van der Waals surface area contributed by atoms with E-state index in [9.17, 15) is 10.2 Å². The average molecular weight is 414 g/mol. The molecule has 1 aliphatic heterocycles. The largest absolute Gasteiger partial charge is 0.507 e. The van der Waals surface area contributed by atoms with Gasteiger partial charge in [-0.25, -0.2) is 0 Å². The lowest BCUT2D eigenvalue weighted by molar-refractivity contribution is 0.216. The number of likely N-dealkylation sites (tertiary alicyclic amines) is 1. The molecule has 0 aromatic heterocycles. The van der Waals surface area contributed by atoms with E-state index < -0.39 is 0 Å². The van der Waals surface area contributed by atoms with E-state index in [4.69, 9.17) is 0 Å². The van der Waals surface area contributed by atoms with Gasteiger partial charge in [0.25, 0.3) is 0 Å². The van der Waals surface area contributed by atoms with Gasteiger partial charge in [0, 0.05) is 12.1 Å². The third-order valence-corrected chi connectivity index (χ3v) is 5.70. The first-order chi connectivity index (χ1) is 11.5. The molecule has 1 saturated heterocycles. The molecular formula is C21H36BrNO2. The summed E-state index contributed by atoms with van der Waals surface area (Å²) in [6, 6.07) is 3.75. The van der Waals surface area contributed by atoms with Crippen LogP contribution in [0.5, 0.6) is 11.5 Å². The standard InChI is InChI=1S/C21H35NO2.BrH/c1-4-5-7-10-16(2)17(3)18-13-20(23)19(21(24)14-18)15-22-11-8-6-9-12-22;/h13-14,16-17,23-24H,4-12,15H2,1-3H3;1H. The van der Waals surface area contributed by atoms with Crippen molar-refractivity contribution in [2.45, 2.75) is 78.2 Å². The highest BCUT2D eigenvalue weighted by Gasteiger charge is 2.20. The van der Waals surface area contributed by atoms with E-state index in [1.807, 2.05) is 12.1 Å². The minimum Gasteiger partial charge on any atom is -0.507 e. The Kier molecular flexibility index (Phi) is 9.88. The Morgan fingerprint density at radius 1 is 1.00 bits per heavy atom. The number of piperidine rings is 1. The van der Waals surface area contributed by atoms with Crippen molar-refractivity contribution in [3.8, 4) is 11.5 Å². The van der Waals surface area contributed by atoms with Crippen molar-refractivity contribution in [3.05, 3.63) is 23.3 Å². The van der Waals surface area contributed by atoms with Crippen molar-refractivity contribution in [3.63, 3.8) is 0 Å². The van der Waals surface area contributed by atoms with E-state index in [1.54, 1.807) is 0 Å². The highest BCUT2D eigenvalue weighted by atomic mass is 79.9. The maximum Gasteiger partial charge on any atom is 0.124 e. The molecule has 1 aromatic carbocycles. The summed E-state index contributed by atoms with van der Waals surface area (Å²) in [5, 5.41) is 20.9. The molecule has 2 atom stereocenters. The second-order valence-corrected chi connectivity index (χ2v) is 7.64. The molecule has 2 rings (SSSR count). The van der Waals surface area contributed by atoms with Crippen LogP contribution in [-0.2, 0) is 6.54 Å². The second-order valence-electron chi connectivity index (χ2n) is 7.64. The number of halogens is 1. The molecule has 144 valence electrons. The first kappa shape index (κ1) is 22.3. The zero-order chi connectivity index (χ0) is 17.5. The van der Waals surface area contributed by atoms with Crippen LogP contribution in [0, 0.1) is 5.92 Å². The number of aromatic hydroxyl groups is 2. The smallest absolute Gasteiger partial charge is 0.124 e. The average Bonchev–Trinajstić information content (AvgIpc) is 2.58. The summed E-state index contributed by atoms with van der Waals surface area (Å²) in [6.07, 6.45) is 8.70. The fourth-order valence-corrected chi connectivity index (χ4v) is 3.72. The minimum absolute atomic E-state index is 0. The van der Waals surface area contributed by atoms with Gasteiger partial charge in [0.15, 0.2) is 0 Å². The van der Waals surface area contributed by atoms with Crippen LogP contribution >= 0.6 is 17.0 Å². The van der Waals surface area contributed by atoms with E-state index in [0.717, 1.165) is 18.7 Å². The van der Waals surface area contributed by atoms with Gasteiger partial charge < -0.3 is 10.2 Å². The van der Waals surface area contributed by atoms with Gasteiger partial charge >= 0.3 is 0 Å². The monoisotopic (exact) mass is 413 g/mol. The number of phenolic OH excluding ortho intramolecular Hbond substituents is 2. The normalized spacial score (nSPS) is 17.7. The molecule has 0 bridgehead atoms. The van der Waals surface area contributed by atoms with Gasteiger partial charge in [-0.1, -0.05) is 52.9 Å². The maximum absolute atomic E-state index is 10.5. The van der Waals surface area contributed by atoms with Gasteiger partial charge in [-0.2, -0.15) is 0 Å². The first-order valence-corrected chi connectivity index (χ1v) is 9.80. The predicted molar refractivity (Wildman–Crippen MR) is 111 cm³/mol. The zero-order valence-electron chi connectivity index (χ0n) is 16.1. The Morgan fingerprint density at radius 2 is 1.60 bits per heavy atom. The van der Waals surface area contributed by atoms with Crippen LogP contribution in [0.3, 0.4) is 0 Å². The lowest BCUT2D eigenvalue weighted by Gasteiger charge is -2.27. The number of hydrogen-bond acceptors (Lipinski definition) is 3. The number of nitrogens with zero attached hydrogens (tertiary/aromatic N) is 1. The number of hydrogen-bond donors (Lipinski definition) is 2. The van der Waals surface area contributed by atoms with Crippen LogP contribution in [0.15, 0.2) is 12.1 Å². The highest BCUT2D eigenvalue weighted by molar-refractivity contribution is 8.93. The Labute approximate surface area is 164 Å². The van der Waals surface area contributed by atoms with Gasteiger partial charge in [-0.15, -0.1) is 17.0 Å². The third kappa shape index (κ3) is 6.49. The van der Waals surface area contributed by atoms with Gasteiger partial charge in [-0.3, -0.25) is 4.90 Å². The van der Waals surface area contributed by atoms with Crippen molar-refractivity contribution in [1.29, 1.82) is 0 Å². The number of rotatable bonds is 8. The van der Waals surface area contributed by atoms with Gasteiger partial charge in [0.1, 0.15) is 11.5 Å². The molecule has 2 unspecified atom stereocenters. The lowest BCUT2D eigenvalue weighted by atomic mass is 9.85. The Bertz CT molecular complexity index is 492. The Hall–Kier alpha value is -0.740. The molecule has 0 saturated carbocycles. The van der Waals surface area contributed by atoms with E-state index >= 15 is 0 Å². The fraction of sp³-hybridized carbons (Fsp3) is 0.714. The molecule has 0 amide bonds. The minimum atomic E-state index is 0. The van der Waals surface area contributed by atoms with Crippen LogP contribution in [0.4, 0.5) is 0 Å². The molecule has 2 N–H and O–H groups in total. The van der Waals surface area contributed by atoms with Gasteiger partial charge in [0.2, 0.25) is 0 Å². The first-order valence-electron chi connectivity index (χ1n) is 9.80. The fourth-order valence-electron chi connectivity index (χ4n) is 3.72. The van der Waals surface area contributed by atoms with Crippen molar-refractivity contribution >= 4 is 17.0 Å². The number of phenols is 2. The molecule has 0 aliphatic carbocycles. The maximum atomic E-state index is 10.5. The van der Waals surface area contributed by atoms with E-state index in [1.165, 1.54) is 44.9 Å². The van der Waals surface area contributed by atoms with Crippen molar-refractivity contribution in [2.75, 3.05) is 13.1 Å². The molecule has 0 spiro atoms. The van der Waals surface area contributed by atoms with Crippen molar-refractivity contribution in [1.82, 2.24) is 4.90 Å². The summed E-state index contributed by atoms with van der Waals surface area (Å²) in [4.78, 5) is 2.33. The topological polar surface area (TPSA) is 43.7 Å². The number of benzene rings is 1. The summed E-state index contributed by atoms with van der Waals surface area (Å²) in [5.41, 5.74) is 1.74. The zero-order valence-corrected chi connectivity index (χ0v) is 17.8. The van der Waals surface area contributed by atoms with Gasteiger partial charge in [-0.05, 0) is 55.5 Å². The lowest BCUT2D eigenvalue weighted by Crippen LogP contribution is -2.29. The summed E-state index contributed by atoms with van der Waals surface area (Å²) in [7, 11) is 0. The van der Waals surface area contributed by atoms with E-state index in [-0.39, 0.29) is 28.5 Å². The van der Waals surface area contributed by atoms with E-state index in [0.29, 0.717) is 23.9 Å². The molecule has 0 radical (unpaired) electrons. The molecule has 1 fully saturated rings. The van der Waals surface area contributed by atoms with Crippen molar-refractivity contribution < 1.29 is 10.2 Å². The Morgan fingerprint density at radius 3 is 2.16 bits per heavy atom. The molecule has 4 heteroatoms. The summed E-state index contributed by atoms with van der Waals surface area (Å²) < 4.78 is 0. The predicted octanol–water partition coefficient (Wildman–Crippen LogP) is 5.98. The second kappa shape index (κ2) is 11.1. The van der Waals surface area contributed by atoms with Gasteiger partial charge in [0.05, 0.1) is 0 Å². The summed E-state index contributed by atoms with van der Waals surface area (Å²) in [5.74, 6) is 1.41. The molecule has 1 aliphatic rings. The van der Waals surface area contributed by atoms with Crippen LogP contribution in [-0.4, -0.2) is 28.2 Å². The van der Waals surface area contributed by atoms with Crippen molar-refractivity contribution in [2.24, 2.45) is 5.92 Å². The molecule has 1 aromatic rings. The Balaban J connectivity index is 0.00000312. The highest BCUT2D eigenvalue weighted by Crippen LogP contribution is 2.36. The van der Waals surface area contributed by atoms with Crippen LogP contribution < -0.4 is 0 Å². The van der Waals surface area contributed by atoms with Crippen LogP contribution in [0.25, 0.3) is 0 Å². The SMILES string of the molecule is Br.CCCCCC(C)C(C)c1cc(O)c(CN2CCCCC2)c(O)c1. The van der Waals surface area contributed by atoms with Crippen LogP contribution in [0.2, 0.25) is 0 Å². The third-order valence-electron chi connectivity index (χ3n) is 5.70. The molecule has 25 heavy (non-hydrogen) atoms. The van der Waals surface area contributed by atoms with Crippen LogP contribution in [0.1, 0.15) is 82.8 Å². The molecule has 1 heterocycles. The molecule has 3 nitrogen and oxygen atoms in total. The quantitative estimate of drug-likeness (QED) is 0.514. The summed E-state index contributed by atoms with van der Waals surface area (Å²) in [6.45, 7) is 9.48. The van der Waals surface area contributed by atoms with E-state index in [2.05, 4.69) is 25.7 Å².